The average Bonchev–Trinajstić information content (AvgIpc) is 3.41. The Balaban J connectivity index is 1.57. The largest absolute Gasteiger partial charge is 0.573 e. The van der Waals surface area contributed by atoms with Crippen molar-refractivity contribution < 1.29 is 22.7 Å². The van der Waals surface area contributed by atoms with Crippen LogP contribution in [0.25, 0.3) is 5.69 Å². The number of ether oxygens (including phenoxy) is 1. The molecule has 1 amide bonds. The van der Waals surface area contributed by atoms with Gasteiger partial charge >= 0.3 is 6.36 Å². The van der Waals surface area contributed by atoms with Gasteiger partial charge in [-0.25, -0.2) is 4.68 Å². The van der Waals surface area contributed by atoms with E-state index in [1.807, 2.05) is 35.9 Å². The number of carbonyl (C=O) groups is 1. The Hall–Kier alpha value is -3.29. The fourth-order valence-corrected chi connectivity index (χ4v) is 3.21. The van der Waals surface area contributed by atoms with Gasteiger partial charge in [0.1, 0.15) is 5.75 Å². The molecule has 1 aliphatic carbocycles. The van der Waals surface area contributed by atoms with Crippen LogP contribution in [0.3, 0.4) is 0 Å². The number of hydrogen-bond donors (Lipinski definition) is 1. The van der Waals surface area contributed by atoms with Gasteiger partial charge in [0.05, 0.1) is 23.1 Å². The lowest BCUT2D eigenvalue weighted by Gasteiger charge is -2.12. The zero-order valence-corrected chi connectivity index (χ0v) is 15.5. The van der Waals surface area contributed by atoms with Crippen molar-refractivity contribution in [1.82, 2.24) is 9.78 Å². The number of rotatable bonds is 5. The SMILES string of the molecule is Cc1ccccc1-n1ncc(C(=O)Nc2ccc(OC(F)(F)F)cc2)c1C1CC1. The first-order valence-electron chi connectivity index (χ1n) is 9.13. The van der Waals surface area contributed by atoms with Crippen LogP contribution in [0.4, 0.5) is 18.9 Å². The molecule has 0 unspecified atom stereocenters. The third-order valence-electron chi connectivity index (χ3n) is 4.70. The highest BCUT2D eigenvalue weighted by atomic mass is 19.4. The number of anilines is 1. The Morgan fingerprint density at radius 1 is 1.14 bits per heavy atom. The Labute approximate surface area is 165 Å². The summed E-state index contributed by atoms with van der Waals surface area (Å²) >= 11 is 0. The smallest absolute Gasteiger partial charge is 0.406 e. The molecular weight excluding hydrogens is 383 g/mol. The molecule has 1 fully saturated rings. The highest BCUT2D eigenvalue weighted by Gasteiger charge is 2.33. The van der Waals surface area contributed by atoms with Crippen LogP contribution in [-0.2, 0) is 0 Å². The van der Waals surface area contributed by atoms with E-state index in [0.29, 0.717) is 11.3 Å². The number of aryl methyl sites for hydroxylation is 1. The van der Waals surface area contributed by atoms with E-state index in [0.717, 1.165) is 41.9 Å². The van der Waals surface area contributed by atoms with E-state index >= 15 is 0 Å². The van der Waals surface area contributed by atoms with Gasteiger partial charge in [0.15, 0.2) is 0 Å². The first-order valence-corrected chi connectivity index (χ1v) is 9.13. The molecule has 1 heterocycles. The van der Waals surface area contributed by atoms with Crippen molar-refractivity contribution in [1.29, 1.82) is 0 Å². The lowest BCUT2D eigenvalue weighted by atomic mass is 10.1. The maximum absolute atomic E-state index is 12.8. The standard InChI is InChI=1S/C21H18F3N3O2/c1-13-4-2-3-5-18(13)27-19(14-6-7-14)17(12-25-27)20(28)26-15-8-10-16(11-9-15)29-21(22,23)24/h2-5,8-12,14H,6-7H2,1H3,(H,26,28). The van der Waals surface area contributed by atoms with Gasteiger partial charge in [0.25, 0.3) is 5.91 Å². The Morgan fingerprint density at radius 2 is 1.83 bits per heavy atom. The minimum absolute atomic E-state index is 0.264. The number of halogens is 3. The van der Waals surface area contributed by atoms with Gasteiger partial charge < -0.3 is 10.1 Å². The number of nitrogens with zero attached hydrogens (tertiary/aromatic N) is 2. The van der Waals surface area contributed by atoms with Gasteiger partial charge in [-0.3, -0.25) is 4.79 Å². The van der Waals surface area contributed by atoms with Crippen LogP contribution in [0.15, 0.2) is 54.7 Å². The van der Waals surface area contributed by atoms with E-state index in [4.69, 9.17) is 0 Å². The third-order valence-corrected chi connectivity index (χ3v) is 4.70. The monoisotopic (exact) mass is 401 g/mol. The van der Waals surface area contributed by atoms with E-state index < -0.39 is 6.36 Å². The molecule has 2 aromatic carbocycles. The van der Waals surface area contributed by atoms with Crippen LogP contribution >= 0.6 is 0 Å². The highest BCUT2D eigenvalue weighted by Crippen LogP contribution is 2.43. The van der Waals surface area contributed by atoms with Crippen molar-refractivity contribution in [3.05, 3.63) is 71.5 Å². The van der Waals surface area contributed by atoms with Gasteiger partial charge in [-0.15, -0.1) is 13.2 Å². The molecule has 0 saturated heterocycles. The van der Waals surface area contributed by atoms with Crippen LogP contribution in [-0.4, -0.2) is 22.1 Å². The molecule has 0 bridgehead atoms. The number of amides is 1. The summed E-state index contributed by atoms with van der Waals surface area (Å²) < 4.78 is 42.5. The molecule has 1 N–H and O–H groups in total. The second kappa shape index (κ2) is 7.27. The Kier molecular flexibility index (Phi) is 4.77. The predicted octanol–water partition coefficient (Wildman–Crippen LogP) is 5.21. The highest BCUT2D eigenvalue weighted by molar-refractivity contribution is 6.05. The second-order valence-corrected chi connectivity index (χ2v) is 6.94. The molecule has 0 aliphatic heterocycles. The van der Waals surface area contributed by atoms with Crippen molar-refractivity contribution >= 4 is 11.6 Å². The molecule has 0 atom stereocenters. The lowest BCUT2D eigenvalue weighted by Crippen LogP contribution is -2.17. The van der Waals surface area contributed by atoms with Gasteiger partial charge in [-0.2, -0.15) is 5.10 Å². The topological polar surface area (TPSA) is 56.2 Å². The maximum Gasteiger partial charge on any atom is 0.573 e. The van der Waals surface area contributed by atoms with Crippen molar-refractivity contribution in [2.75, 3.05) is 5.32 Å². The molecule has 150 valence electrons. The van der Waals surface area contributed by atoms with Gasteiger partial charge in [0.2, 0.25) is 0 Å². The molecule has 1 saturated carbocycles. The summed E-state index contributed by atoms with van der Waals surface area (Å²) in [4.78, 5) is 12.8. The molecule has 5 nitrogen and oxygen atoms in total. The van der Waals surface area contributed by atoms with Crippen LogP contribution < -0.4 is 10.1 Å². The fraction of sp³-hybridized carbons (Fsp3) is 0.238. The van der Waals surface area contributed by atoms with Crippen molar-refractivity contribution in [2.45, 2.75) is 32.0 Å². The number of carbonyl (C=O) groups excluding carboxylic acids is 1. The first-order chi connectivity index (χ1) is 13.8. The number of para-hydroxylation sites is 1. The van der Waals surface area contributed by atoms with Gasteiger partial charge in [-0.05, 0) is 55.7 Å². The molecule has 4 rings (SSSR count). The van der Waals surface area contributed by atoms with E-state index in [9.17, 15) is 18.0 Å². The fourth-order valence-electron chi connectivity index (χ4n) is 3.21. The molecule has 8 heteroatoms. The minimum Gasteiger partial charge on any atom is -0.406 e. The first kappa shape index (κ1) is 19.0. The van der Waals surface area contributed by atoms with Crippen LogP contribution in [0.1, 0.15) is 40.4 Å². The molecule has 1 aromatic heterocycles. The van der Waals surface area contributed by atoms with Gasteiger partial charge in [0, 0.05) is 11.6 Å². The summed E-state index contributed by atoms with van der Waals surface area (Å²) in [7, 11) is 0. The van der Waals surface area contributed by atoms with Crippen molar-refractivity contribution in [2.24, 2.45) is 0 Å². The van der Waals surface area contributed by atoms with E-state index in [1.54, 1.807) is 0 Å². The predicted molar refractivity (Wildman–Crippen MR) is 101 cm³/mol. The number of nitrogens with one attached hydrogen (secondary N) is 1. The molecule has 0 spiro atoms. The zero-order valence-electron chi connectivity index (χ0n) is 15.5. The minimum atomic E-state index is -4.76. The average molecular weight is 401 g/mol. The summed E-state index contributed by atoms with van der Waals surface area (Å²) in [6.07, 6.45) is -1.24. The number of benzene rings is 2. The quantitative estimate of drug-likeness (QED) is 0.639. The second-order valence-electron chi connectivity index (χ2n) is 6.94. The van der Waals surface area contributed by atoms with Crippen LogP contribution in [0, 0.1) is 6.92 Å². The third kappa shape index (κ3) is 4.26. The van der Waals surface area contributed by atoms with E-state index in [2.05, 4.69) is 15.2 Å². The Morgan fingerprint density at radius 3 is 2.45 bits per heavy atom. The van der Waals surface area contributed by atoms with Crippen molar-refractivity contribution in [3.8, 4) is 11.4 Å². The molecular formula is C21H18F3N3O2. The molecule has 0 radical (unpaired) electrons. The van der Waals surface area contributed by atoms with Crippen LogP contribution in [0.5, 0.6) is 5.75 Å². The number of hydrogen-bond acceptors (Lipinski definition) is 3. The zero-order chi connectivity index (χ0) is 20.6. The summed E-state index contributed by atoms with van der Waals surface area (Å²) in [6, 6.07) is 12.8. The van der Waals surface area contributed by atoms with Crippen molar-refractivity contribution in [3.63, 3.8) is 0 Å². The summed E-state index contributed by atoms with van der Waals surface area (Å²) in [6.45, 7) is 1.98. The van der Waals surface area contributed by atoms with Gasteiger partial charge in [-0.1, -0.05) is 18.2 Å². The molecule has 1 aliphatic rings. The lowest BCUT2D eigenvalue weighted by molar-refractivity contribution is -0.274. The molecule has 3 aromatic rings. The number of aromatic nitrogens is 2. The summed E-state index contributed by atoms with van der Waals surface area (Å²) in [5.74, 6) is -0.432. The van der Waals surface area contributed by atoms with E-state index in [1.165, 1.54) is 18.3 Å². The maximum atomic E-state index is 12.8. The van der Waals surface area contributed by atoms with Crippen LogP contribution in [0.2, 0.25) is 0 Å². The van der Waals surface area contributed by atoms with E-state index in [-0.39, 0.29) is 17.6 Å². The molecule has 29 heavy (non-hydrogen) atoms. The normalized spacial score (nSPS) is 13.9. The summed E-state index contributed by atoms with van der Waals surface area (Å²) in [5.41, 5.74) is 3.65. The number of alkyl halides is 3. The Bertz CT molecular complexity index is 1040. The summed E-state index contributed by atoms with van der Waals surface area (Å²) in [5, 5.41) is 7.16.